The minimum atomic E-state index is -1.21. The molecule has 0 aliphatic carbocycles. The summed E-state index contributed by atoms with van der Waals surface area (Å²) >= 11 is 0. The maximum Gasteiger partial charge on any atom is 0.338 e. The van der Waals surface area contributed by atoms with Crippen LogP contribution in [0.3, 0.4) is 0 Å². The van der Waals surface area contributed by atoms with E-state index in [9.17, 15) is 0 Å². The minimum absolute atomic E-state index is 0.257. The van der Waals surface area contributed by atoms with Crippen LogP contribution in [0, 0.1) is 0 Å². The number of benzene rings is 2. The zero-order chi connectivity index (χ0) is 19.3. The molecule has 144 valence electrons. The Morgan fingerprint density at radius 3 is 2.15 bits per heavy atom. The van der Waals surface area contributed by atoms with Crippen molar-refractivity contribution in [3.05, 3.63) is 65.7 Å². The second kappa shape index (κ2) is 8.46. The third-order valence-corrected chi connectivity index (χ3v) is 4.47. The van der Waals surface area contributed by atoms with Crippen LogP contribution in [-0.2, 0) is 14.2 Å². The van der Waals surface area contributed by atoms with E-state index in [1.165, 1.54) is 0 Å². The van der Waals surface area contributed by atoms with Gasteiger partial charge in [-0.15, -0.1) is 0 Å². The molecular weight excluding hydrogens is 344 g/mol. The van der Waals surface area contributed by atoms with Crippen molar-refractivity contribution in [2.45, 2.75) is 25.7 Å². The second-order valence-corrected chi connectivity index (χ2v) is 6.06. The van der Waals surface area contributed by atoms with Crippen molar-refractivity contribution in [1.29, 1.82) is 0 Å². The van der Waals surface area contributed by atoms with Crippen molar-refractivity contribution in [3.63, 3.8) is 0 Å². The third-order valence-electron chi connectivity index (χ3n) is 4.47. The van der Waals surface area contributed by atoms with Crippen molar-refractivity contribution in [1.82, 2.24) is 0 Å². The highest BCUT2D eigenvalue weighted by Gasteiger charge is 2.49. The van der Waals surface area contributed by atoms with E-state index in [4.69, 9.17) is 23.7 Å². The van der Waals surface area contributed by atoms with Gasteiger partial charge in [0.15, 0.2) is 11.5 Å². The molecule has 0 fully saturated rings. The van der Waals surface area contributed by atoms with E-state index in [1.807, 2.05) is 68.5 Å². The molecule has 1 unspecified atom stereocenters. The molecule has 5 heteroatoms. The number of hydrogen-bond acceptors (Lipinski definition) is 5. The molecule has 0 saturated carbocycles. The van der Waals surface area contributed by atoms with Gasteiger partial charge in [0, 0.05) is 5.56 Å². The summed E-state index contributed by atoms with van der Waals surface area (Å²) in [6, 6.07) is 15.7. The maximum absolute atomic E-state index is 6.26. The lowest BCUT2D eigenvalue weighted by Crippen LogP contribution is -2.41. The van der Waals surface area contributed by atoms with Crippen molar-refractivity contribution >= 4 is 5.76 Å². The van der Waals surface area contributed by atoms with Gasteiger partial charge in [0.25, 0.3) is 0 Å². The quantitative estimate of drug-likeness (QED) is 0.636. The smallest absolute Gasteiger partial charge is 0.338 e. The Morgan fingerprint density at radius 2 is 1.56 bits per heavy atom. The predicted octanol–water partition coefficient (Wildman–Crippen LogP) is 4.59. The summed E-state index contributed by atoms with van der Waals surface area (Å²) in [5.41, 5.74) is 1.93. The lowest BCUT2D eigenvalue weighted by molar-refractivity contribution is -0.351. The van der Waals surface area contributed by atoms with E-state index in [0.29, 0.717) is 24.7 Å². The Labute approximate surface area is 160 Å². The minimum Gasteiger partial charge on any atom is -0.493 e. The predicted molar refractivity (Wildman–Crippen MR) is 104 cm³/mol. The first-order chi connectivity index (χ1) is 13.2. The van der Waals surface area contributed by atoms with E-state index < -0.39 is 5.97 Å². The first-order valence-electron chi connectivity index (χ1n) is 9.13. The van der Waals surface area contributed by atoms with Crippen LogP contribution < -0.4 is 9.47 Å². The van der Waals surface area contributed by atoms with Gasteiger partial charge in [-0.3, -0.25) is 0 Å². The van der Waals surface area contributed by atoms with Gasteiger partial charge in [0.05, 0.1) is 27.4 Å². The molecule has 0 aromatic heterocycles. The standard InChI is InChI=1S/C22H26O5/c1-5-25-22(26-6-2)18(15-20(27-22)16-10-8-7-9-11-16)17-12-13-19(23-3)21(14-17)24-4/h7-15,18H,5-6H2,1-4H3. The highest BCUT2D eigenvalue weighted by atomic mass is 16.9. The Hall–Kier alpha value is -2.50. The first-order valence-corrected chi connectivity index (χ1v) is 9.13. The van der Waals surface area contributed by atoms with Gasteiger partial charge >= 0.3 is 5.97 Å². The fourth-order valence-corrected chi connectivity index (χ4v) is 3.29. The molecule has 1 heterocycles. The molecule has 0 spiro atoms. The Bertz CT molecular complexity index is 779. The van der Waals surface area contributed by atoms with E-state index in [2.05, 4.69) is 0 Å². The van der Waals surface area contributed by atoms with Gasteiger partial charge in [0.2, 0.25) is 0 Å². The third kappa shape index (κ3) is 3.80. The molecule has 1 aliphatic rings. The summed E-state index contributed by atoms with van der Waals surface area (Å²) < 4.78 is 29.1. The Kier molecular flexibility index (Phi) is 6.04. The summed E-state index contributed by atoms with van der Waals surface area (Å²) in [4.78, 5) is 0. The number of hydrogen-bond donors (Lipinski definition) is 0. The van der Waals surface area contributed by atoms with E-state index in [-0.39, 0.29) is 5.92 Å². The lowest BCUT2D eigenvalue weighted by atomic mass is 9.96. The Morgan fingerprint density at radius 1 is 0.889 bits per heavy atom. The van der Waals surface area contributed by atoms with Crippen LogP contribution in [0.15, 0.2) is 54.6 Å². The van der Waals surface area contributed by atoms with Crippen molar-refractivity contribution < 1.29 is 23.7 Å². The van der Waals surface area contributed by atoms with Crippen molar-refractivity contribution in [2.24, 2.45) is 0 Å². The fourth-order valence-electron chi connectivity index (χ4n) is 3.29. The SMILES string of the molecule is CCOC1(OCC)OC(c2ccccc2)=CC1c1ccc(OC)c(OC)c1. The summed E-state index contributed by atoms with van der Waals surface area (Å²) in [7, 11) is 3.24. The molecule has 0 N–H and O–H groups in total. The molecule has 0 amide bonds. The normalized spacial score (nSPS) is 17.9. The van der Waals surface area contributed by atoms with Crippen LogP contribution in [0.1, 0.15) is 30.9 Å². The zero-order valence-electron chi connectivity index (χ0n) is 16.2. The van der Waals surface area contributed by atoms with Crippen molar-refractivity contribution in [3.8, 4) is 11.5 Å². The monoisotopic (exact) mass is 370 g/mol. The molecule has 3 rings (SSSR count). The molecule has 2 aromatic rings. The summed E-state index contributed by atoms with van der Waals surface area (Å²) in [6.07, 6.45) is 2.04. The number of rotatable bonds is 8. The van der Waals surface area contributed by atoms with E-state index in [1.54, 1.807) is 14.2 Å². The fraction of sp³-hybridized carbons (Fsp3) is 0.364. The highest BCUT2D eigenvalue weighted by Crippen LogP contribution is 2.47. The Balaban J connectivity index is 2.07. The first kappa shape index (κ1) is 19.3. The van der Waals surface area contributed by atoms with Gasteiger partial charge in [-0.25, -0.2) is 0 Å². The van der Waals surface area contributed by atoms with E-state index in [0.717, 1.165) is 16.9 Å². The average molecular weight is 370 g/mol. The topological polar surface area (TPSA) is 46.2 Å². The van der Waals surface area contributed by atoms with E-state index >= 15 is 0 Å². The highest BCUT2D eigenvalue weighted by molar-refractivity contribution is 5.64. The maximum atomic E-state index is 6.26. The largest absolute Gasteiger partial charge is 0.493 e. The lowest BCUT2D eigenvalue weighted by Gasteiger charge is -2.34. The molecule has 0 radical (unpaired) electrons. The number of ether oxygens (including phenoxy) is 5. The molecule has 0 saturated heterocycles. The van der Waals surface area contributed by atoms with Gasteiger partial charge in [-0.2, -0.15) is 0 Å². The molecule has 0 bridgehead atoms. The average Bonchev–Trinajstić information content (AvgIpc) is 3.08. The molecule has 5 nitrogen and oxygen atoms in total. The summed E-state index contributed by atoms with van der Waals surface area (Å²) in [5.74, 6) is 0.586. The molecule has 27 heavy (non-hydrogen) atoms. The zero-order valence-corrected chi connectivity index (χ0v) is 16.2. The molecule has 1 aliphatic heterocycles. The van der Waals surface area contributed by atoms with Gasteiger partial charge in [0.1, 0.15) is 11.7 Å². The van der Waals surface area contributed by atoms with Crippen LogP contribution in [0.4, 0.5) is 0 Å². The molecule has 1 atom stereocenters. The van der Waals surface area contributed by atoms with Crippen LogP contribution in [0.5, 0.6) is 11.5 Å². The van der Waals surface area contributed by atoms with Crippen LogP contribution >= 0.6 is 0 Å². The summed E-state index contributed by atoms with van der Waals surface area (Å²) in [6.45, 7) is 4.77. The van der Waals surface area contributed by atoms with Crippen LogP contribution in [-0.4, -0.2) is 33.4 Å². The number of methoxy groups -OCH3 is 2. The summed E-state index contributed by atoms with van der Waals surface area (Å²) in [5, 5.41) is 0. The van der Waals surface area contributed by atoms with Gasteiger partial charge in [-0.1, -0.05) is 36.4 Å². The van der Waals surface area contributed by atoms with Crippen LogP contribution in [0.25, 0.3) is 5.76 Å². The van der Waals surface area contributed by atoms with Gasteiger partial charge in [-0.05, 0) is 37.6 Å². The molecular formula is C22H26O5. The van der Waals surface area contributed by atoms with Crippen LogP contribution in [0.2, 0.25) is 0 Å². The van der Waals surface area contributed by atoms with Gasteiger partial charge < -0.3 is 23.7 Å². The van der Waals surface area contributed by atoms with Crippen molar-refractivity contribution in [2.75, 3.05) is 27.4 Å². The second-order valence-electron chi connectivity index (χ2n) is 6.06. The molecule has 2 aromatic carbocycles.